The van der Waals surface area contributed by atoms with Gasteiger partial charge in [-0.25, -0.2) is 4.79 Å². The first kappa shape index (κ1) is 16.5. The summed E-state index contributed by atoms with van der Waals surface area (Å²) >= 11 is 0. The lowest BCUT2D eigenvalue weighted by atomic mass is 10.2. The third-order valence-electron chi connectivity index (χ3n) is 3.07. The van der Waals surface area contributed by atoms with E-state index in [2.05, 4.69) is 4.90 Å². The summed E-state index contributed by atoms with van der Waals surface area (Å²) in [5.74, 6) is -0.252. The maximum atomic E-state index is 12.0. The van der Waals surface area contributed by atoms with E-state index in [-0.39, 0.29) is 18.4 Å². The van der Waals surface area contributed by atoms with Crippen LogP contribution in [0.5, 0.6) is 0 Å². The molecule has 0 bridgehead atoms. The van der Waals surface area contributed by atoms with Gasteiger partial charge in [-0.2, -0.15) is 0 Å². The lowest BCUT2D eigenvalue weighted by Crippen LogP contribution is -2.21. The molecule has 20 heavy (non-hydrogen) atoms. The van der Waals surface area contributed by atoms with Crippen molar-refractivity contribution < 1.29 is 9.53 Å². The molecule has 0 saturated carbocycles. The number of rotatable bonds is 5. The highest BCUT2D eigenvalue weighted by Crippen LogP contribution is 2.20. The smallest absolute Gasteiger partial charge is 0.354 e. The lowest BCUT2D eigenvalue weighted by Gasteiger charge is -2.13. The molecule has 0 aliphatic rings. The van der Waals surface area contributed by atoms with Crippen LogP contribution in [0.15, 0.2) is 30.3 Å². The van der Waals surface area contributed by atoms with Gasteiger partial charge in [0.2, 0.25) is 0 Å². The minimum atomic E-state index is -0.252. The molecule has 1 aromatic carbocycles. The van der Waals surface area contributed by atoms with E-state index >= 15 is 0 Å². The third kappa shape index (κ3) is 3.52. The quantitative estimate of drug-likeness (QED) is 0.796. The first-order valence-corrected chi connectivity index (χ1v) is 6.53. The summed E-state index contributed by atoms with van der Waals surface area (Å²) < 4.78 is 7.17. The molecule has 0 saturated heterocycles. The highest BCUT2D eigenvalue weighted by molar-refractivity contribution is 5.95. The second kappa shape index (κ2) is 7.31. The number of esters is 1. The molecule has 5 heteroatoms. The monoisotopic (exact) mass is 296 g/mol. The normalized spacial score (nSPS) is 10.6. The van der Waals surface area contributed by atoms with Gasteiger partial charge in [0, 0.05) is 24.0 Å². The first-order chi connectivity index (χ1) is 9.13. The number of carbonyl (C=O) groups excluding carboxylic acids is 1. The molecule has 0 amide bonds. The molecule has 0 aliphatic heterocycles. The summed E-state index contributed by atoms with van der Waals surface area (Å²) in [4.78, 5) is 14.1. The Morgan fingerprint density at radius 2 is 2.00 bits per heavy atom. The molecule has 0 radical (unpaired) electrons. The van der Waals surface area contributed by atoms with Crippen molar-refractivity contribution in [3.05, 3.63) is 36.0 Å². The molecule has 4 nitrogen and oxygen atoms in total. The van der Waals surface area contributed by atoms with Crippen molar-refractivity contribution in [1.29, 1.82) is 0 Å². The van der Waals surface area contributed by atoms with Crippen LogP contribution in [-0.4, -0.2) is 42.7 Å². The van der Waals surface area contributed by atoms with E-state index in [0.29, 0.717) is 12.3 Å². The molecule has 2 aromatic rings. The van der Waals surface area contributed by atoms with Gasteiger partial charge in [0.15, 0.2) is 0 Å². The van der Waals surface area contributed by atoms with Gasteiger partial charge in [-0.1, -0.05) is 18.2 Å². The molecular weight excluding hydrogens is 276 g/mol. The number of hydrogen-bond acceptors (Lipinski definition) is 3. The number of benzene rings is 1. The summed E-state index contributed by atoms with van der Waals surface area (Å²) in [5, 5.41) is 1.07. The molecule has 110 valence electrons. The van der Waals surface area contributed by atoms with E-state index in [1.165, 1.54) is 0 Å². The third-order valence-corrected chi connectivity index (χ3v) is 3.07. The Kier molecular flexibility index (Phi) is 6.05. The fourth-order valence-corrected chi connectivity index (χ4v) is 2.13. The number of para-hydroxylation sites is 1. The predicted octanol–water partition coefficient (Wildman–Crippen LogP) is 2.80. The van der Waals surface area contributed by atoms with Crippen LogP contribution in [0.2, 0.25) is 0 Å². The van der Waals surface area contributed by atoms with Crippen LogP contribution >= 0.6 is 12.4 Å². The van der Waals surface area contributed by atoms with Crippen LogP contribution in [0.25, 0.3) is 10.9 Å². The van der Waals surface area contributed by atoms with E-state index in [0.717, 1.165) is 24.0 Å². The summed E-state index contributed by atoms with van der Waals surface area (Å²) in [6.45, 7) is 3.87. The number of ether oxygens (including phenoxy) is 1. The zero-order chi connectivity index (χ0) is 13.8. The highest BCUT2D eigenvalue weighted by atomic mass is 35.5. The van der Waals surface area contributed by atoms with E-state index in [9.17, 15) is 4.79 Å². The lowest BCUT2D eigenvalue weighted by molar-refractivity contribution is 0.0514. The van der Waals surface area contributed by atoms with Crippen LogP contribution in [0.1, 0.15) is 17.4 Å². The van der Waals surface area contributed by atoms with Gasteiger partial charge in [-0.3, -0.25) is 0 Å². The Morgan fingerprint density at radius 1 is 1.30 bits per heavy atom. The minimum Gasteiger partial charge on any atom is -0.461 e. The van der Waals surface area contributed by atoms with Crippen molar-refractivity contribution >= 4 is 29.3 Å². The summed E-state index contributed by atoms with van der Waals surface area (Å²) in [7, 11) is 4.05. The van der Waals surface area contributed by atoms with Gasteiger partial charge in [-0.05, 0) is 33.2 Å². The van der Waals surface area contributed by atoms with Crippen molar-refractivity contribution in [3.63, 3.8) is 0 Å². The number of likely N-dealkylation sites (N-methyl/N-ethyl adjacent to an activating group) is 1. The molecule has 0 N–H and O–H groups in total. The minimum absolute atomic E-state index is 0. The number of nitrogens with zero attached hydrogens (tertiary/aromatic N) is 2. The fraction of sp³-hybridized carbons (Fsp3) is 0.400. The van der Waals surface area contributed by atoms with Crippen molar-refractivity contribution in [3.8, 4) is 0 Å². The Bertz CT molecular complexity index is 578. The van der Waals surface area contributed by atoms with Crippen molar-refractivity contribution in [1.82, 2.24) is 9.47 Å². The molecule has 0 unspecified atom stereocenters. The zero-order valence-corrected chi connectivity index (χ0v) is 12.9. The van der Waals surface area contributed by atoms with Crippen LogP contribution in [0, 0.1) is 0 Å². The van der Waals surface area contributed by atoms with E-state index in [1.807, 2.05) is 55.9 Å². The number of fused-ring (bicyclic) bond motifs is 1. The predicted molar refractivity (Wildman–Crippen MR) is 83.7 cm³/mol. The van der Waals surface area contributed by atoms with Gasteiger partial charge in [0.1, 0.15) is 5.69 Å². The van der Waals surface area contributed by atoms with E-state index in [4.69, 9.17) is 4.74 Å². The first-order valence-electron chi connectivity index (χ1n) is 6.53. The van der Waals surface area contributed by atoms with Crippen molar-refractivity contribution in [2.75, 3.05) is 27.2 Å². The van der Waals surface area contributed by atoms with Gasteiger partial charge >= 0.3 is 5.97 Å². The number of aromatic nitrogens is 1. The maximum Gasteiger partial charge on any atom is 0.354 e. The summed E-state index contributed by atoms with van der Waals surface area (Å²) in [6, 6.07) is 9.93. The Balaban J connectivity index is 0.00000200. The average molecular weight is 297 g/mol. The van der Waals surface area contributed by atoms with E-state index < -0.39 is 0 Å². The highest BCUT2D eigenvalue weighted by Gasteiger charge is 2.16. The topological polar surface area (TPSA) is 34.5 Å². The van der Waals surface area contributed by atoms with Gasteiger partial charge in [0.05, 0.1) is 6.61 Å². The summed E-state index contributed by atoms with van der Waals surface area (Å²) in [6.07, 6.45) is 0. The second-order valence-corrected chi connectivity index (χ2v) is 4.76. The van der Waals surface area contributed by atoms with Gasteiger partial charge < -0.3 is 14.2 Å². The molecule has 1 aromatic heterocycles. The standard InChI is InChI=1S/C15H20N2O2.ClH/c1-4-19-15(18)14-11-12-7-5-6-8-13(12)17(14)10-9-16(2)3;/h5-8,11H,4,9-10H2,1-3H3;1H. The molecule has 0 aliphatic carbocycles. The molecule has 0 fully saturated rings. The average Bonchev–Trinajstić information content (AvgIpc) is 2.75. The van der Waals surface area contributed by atoms with Crippen LogP contribution in [0.4, 0.5) is 0 Å². The number of halogens is 1. The molecule has 2 rings (SSSR count). The fourth-order valence-electron chi connectivity index (χ4n) is 2.13. The van der Waals surface area contributed by atoms with Crippen LogP contribution in [-0.2, 0) is 11.3 Å². The summed E-state index contributed by atoms with van der Waals surface area (Å²) in [5.41, 5.74) is 1.71. The van der Waals surface area contributed by atoms with Crippen molar-refractivity contribution in [2.24, 2.45) is 0 Å². The van der Waals surface area contributed by atoms with Crippen LogP contribution in [0.3, 0.4) is 0 Å². The number of carbonyl (C=O) groups is 1. The maximum absolute atomic E-state index is 12.0. The van der Waals surface area contributed by atoms with Gasteiger partial charge in [-0.15, -0.1) is 12.4 Å². The largest absolute Gasteiger partial charge is 0.461 e. The zero-order valence-electron chi connectivity index (χ0n) is 12.1. The molecule has 1 heterocycles. The molecule has 0 spiro atoms. The van der Waals surface area contributed by atoms with Gasteiger partial charge in [0.25, 0.3) is 0 Å². The SMILES string of the molecule is CCOC(=O)c1cc2ccccc2n1CCN(C)C.Cl. The Morgan fingerprint density at radius 3 is 2.65 bits per heavy atom. The van der Waals surface area contributed by atoms with Crippen molar-refractivity contribution in [2.45, 2.75) is 13.5 Å². The molecular formula is C15H21ClN2O2. The second-order valence-electron chi connectivity index (χ2n) is 4.76. The molecule has 0 atom stereocenters. The Labute approximate surface area is 125 Å². The van der Waals surface area contributed by atoms with Crippen LogP contribution < -0.4 is 0 Å². The Hall–Kier alpha value is -1.52. The van der Waals surface area contributed by atoms with E-state index in [1.54, 1.807) is 0 Å². The number of hydrogen-bond donors (Lipinski definition) is 0.